The van der Waals surface area contributed by atoms with Gasteiger partial charge in [0.1, 0.15) is 0 Å². The summed E-state index contributed by atoms with van der Waals surface area (Å²) in [5.41, 5.74) is 0. The smallest absolute Gasteiger partial charge is 0.233 e. The van der Waals surface area contributed by atoms with E-state index in [1.165, 1.54) is 0 Å². The molecule has 1 rings (SSSR count). The Bertz CT molecular complexity index is 383. The summed E-state index contributed by atoms with van der Waals surface area (Å²) in [4.78, 5) is 0. The summed E-state index contributed by atoms with van der Waals surface area (Å²) in [5, 5.41) is 9.21. The van der Waals surface area contributed by atoms with E-state index in [1.54, 1.807) is 12.1 Å². The van der Waals surface area contributed by atoms with Crippen molar-refractivity contribution in [2.24, 2.45) is 0 Å². The minimum atomic E-state index is -2.81. The van der Waals surface area contributed by atoms with Gasteiger partial charge in [0.2, 0.25) is 7.37 Å². The third-order valence-electron chi connectivity index (χ3n) is 2.01. The van der Waals surface area contributed by atoms with Crippen molar-refractivity contribution in [2.75, 3.05) is 12.8 Å². The van der Waals surface area contributed by atoms with E-state index in [0.29, 0.717) is 18.1 Å². The summed E-state index contributed by atoms with van der Waals surface area (Å²) < 4.78 is 17.7. The van der Waals surface area contributed by atoms with Gasteiger partial charge >= 0.3 is 0 Å². The van der Waals surface area contributed by atoms with Crippen molar-refractivity contribution in [2.45, 2.75) is 13.3 Å². The molecule has 0 radical (unpaired) electrons. The fourth-order valence-electron chi connectivity index (χ4n) is 1.33. The van der Waals surface area contributed by atoms with Crippen LogP contribution in [0.5, 0.6) is 0 Å². The molecule has 1 atom stereocenters. The molecule has 0 amide bonds. The second-order valence-electron chi connectivity index (χ2n) is 3.06. The van der Waals surface area contributed by atoms with E-state index < -0.39 is 7.37 Å². The number of nitrogens with zero attached hydrogens (tertiary/aromatic N) is 1. The summed E-state index contributed by atoms with van der Waals surface area (Å²) >= 11 is 0. The van der Waals surface area contributed by atoms with E-state index in [1.807, 2.05) is 31.2 Å². The zero-order valence-electron chi connectivity index (χ0n) is 8.72. The largest absolute Gasteiger partial charge is 0.326 e. The molecule has 0 bridgehead atoms. The van der Waals surface area contributed by atoms with Gasteiger partial charge in [-0.2, -0.15) is 5.26 Å². The molecule has 0 fully saturated rings. The summed E-state index contributed by atoms with van der Waals surface area (Å²) in [6.07, 6.45) is 0.549. The first-order valence-electron chi connectivity index (χ1n) is 4.89. The van der Waals surface area contributed by atoms with Crippen molar-refractivity contribution in [1.82, 2.24) is 0 Å². The van der Waals surface area contributed by atoms with E-state index in [0.717, 1.165) is 0 Å². The zero-order valence-corrected chi connectivity index (χ0v) is 9.61. The van der Waals surface area contributed by atoms with E-state index in [-0.39, 0.29) is 6.42 Å². The van der Waals surface area contributed by atoms with Gasteiger partial charge in [0.15, 0.2) is 0 Å². The molecule has 1 unspecified atom stereocenters. The molecule has 0 aliphatic heterocycles. The summed E-state index contributed by atoms with van der Waals surface area (Å²) in [6, 6.07) is 11.1. The van der Waals surface area contributed by atoms with Gasteiger partial charge in [-0.1, -0.05) is 18.2 Å². The first kappa shape index (κ1) is 12.0. The fourth-order valence-corrected chi connectivity index (χ4v) is 3.30. The molecule has 0 spiro atoms. The maximum absolute atomic E-state index is 12.4. The predicted molar refractivity (Wildman–Crippen MR) is 60.4 cm³/mol. The number of rotatable bonds is 5. The van der Waals surface area contributed by atoms with Crippen LogP contribution >= 0.6 is 7.37 Å². The Morgan fingerprint density at radius 1 is 1.40 bits per heavy atom. The number of benzene rings is 1. The number of nitriles is 1. The normalized spacial score (nSPS) is 14.1. The van der Waals surface area contributed by atoms with E-state index in [9.17, 15) is 4.57 Å². The van der Waals surface area contributed by atoms with Gasteiger partial charge in [0, 0.05) is 17.9 Å². The molecular formula is C11H14NO2P. The lowest BCUT2D eigenvalue weighted by Gasteiger charge is -2.16. The molecule has 0 aromatic heterocycles. The van der Waals surface area contributed by atoms with Crippen LogP contribution in [0.25, 0.3) is 0 Å². The lowest BCUT2D eigenvalue weighted by Crippen LogP contribution is -2.10. The monoisotopic (exact) mass is 223 g/mol. The highest BCUT2D eigenvalue weighted by atomic mass is 31.2. The summed E-state index contributed by atoms with van der Waals surface area (Å²) in [5.74, 6) is 0. The van der Waals surface area contributed by atoms with Crippen molar-refractivity contribution in [1.29, 1.82) is 5.26 Å². The molecule has 0 saturated carbocycles. The van der Waals surface area contributed by atoms with Crippen LogP contribution in [0.1, 0.15) is 13.3 Å². The Kier molecular flexibility index (Phi) is 4.55. The SMILES string of the molecule is CCOP(=O)(CCC#N)c1ccccc1. The van der Waals surface area contributed by atoms with Gasteiger partial charge in [-0.05, 0) is 19.1 Å². The summed E-state index contributed by atoms with van der Waals surface area (Å²) in [7, 11) is -2.81. The third kappa shape index (κ3) is 3.20. The van der Waals surface area contributed by atoms with Crippen molar-refractivity contribution >= 4 is 12.7 Å². The highest BCUT2D eigenvalue weighted by Gasteiger charge is 2.24. The molecule has 3 nitrogen and oxygen atoms in total. The highest BCUT2D eigenvalue weighted by Crippen LogP contribution is 2.45. The van der Waals surface area contributed by atoms with Crippen molar-refractivity contribution in [3.05, 3.63) is 30.3 Å². The van der Waals surface area contributed by atoms with Crippen molar-refractivity contribution in [3.8, 4) is 6.07 Å². The average Bonchev–Trinajstić information content (AvgIpc) is 2.28. The quantitative estimate of drug-likeness (QED) is 0.721. The molecule has 0 aliphatic rings. The Hall–Kier alpha value is -1.10. The van der Waals surface area contributed by atoms with Crippen molar-refractivity contribution < 1.29 is 9.09 Å². The second-order valence-corrected chi connectivity index (χ2v) is 5.63. The van der Waals surface area contributed by atoms with Crippen LogP contribution in [0.3, 0.4) is 0 Å². The molecule has 1 aromatic rings. The first-order valence-corrected chi connectivity index (χ1v) is 6.70. The second kappa shape index (κ2) is 5.70. The van der Waals surface area contributed by atoms with Crippen molar-refractivity contribution in [3.63, 3.8) is 0 Å². The zero-order chi connectivity index (χ0) is 11.1. The van der Waals surface area contributed by atoms with E-state index >= 15 is 0 Å². The standard InChI is InChI=1S/C11H14NO2P/c1-2-14-15(13,10-6-9-12)11-7-4-3-5-8-11/h3-5,7-8H,2,6,10H2,1H3. The van der Waals surface area contributed by atoms with Crippen LogP contribution in [0.15, 0.2) is 30.3 Å². The minimum absolute atomic E-state index is 0.256. The lowest BCUT2D eigenvalue weighted by molar-refractivity contribution is 0.341. The molecule has 1 aromatic carbocycles. The maximum Gasteiger partial charge on any atom is 0.233 e. The Morgan fingerprint density at radius 2 is 2.07 bits per heavy atom. The van der Waals surface area contributed by atoms with Crippen LogP contribution in [-0.4, -0.2) is 12.8 Å². The number of hydrogen-bond acceptors (Lipinski definition) is 3. The molecule has 0 aliphatic carbocycles. The molecular weight excluding hydrogens is 209 g/mol. The topological polar surface area (TPSA) is 50.1 Å². The van der Waals surface area contributed by atoms with E-state index in [4.69, 9.17) is 9.79 Å². The maximum atomic E-state index is 12.4. The molecule has 80 valence electrons. The van der Waals surface area contributed by atoms with Gasteiger partial charge in [-0.25, -0.2) is 0 Å². The van der Waals surface area contributed by atoms with Gasteiger partial charge < -0.3 is 4.52 Å². The number of hydrogen-bond donors (Lipinski definition) is 0. The Morgan fingerprint density at radius 3 is 2.60 bits per heavy atom. The molecule has 0 heterocycles. The van der Waals surface area contributed by atoms with Crippen LogP contribution in [0.4, 0.5) is 0 Å². The van der Waals surface area contributed by atoms with Gasteiger partial charge in [0.25, 0.3) is 0 Å². The van der Waals surface area contributed by atoms with Crippen LogP contribution in [-0.2, 0) is 9.09 Å². The summed E-state index contributed by atoms with van der Waals surface area (Å²) in [6.45, 7) is 2.21. The highest BCUT2D eigenvalue weighted by molar-refractivity contribution is 7.67. The Balaban J connectivity index is 2.92. The van der Waals surface area contributed by atoms with E-state index in [2.05, 4.69) is 0 Å². The minimum Gasteiger partial charge on any atom is -0.326 e. The molecule has 0 N–H and O–H groups in total. The predicted octanol–water partition coefficient (Wildman–Crippen LogP) is 2.54. The van der Waals surface area contributed by atoms with Gasteiger partial charge in [0.05, 0.1) is 12.7 Å². The molecule has 15 heavy (non-hydrogen) atoms. The average molecular weight is 223 g/mol. The van der Waals surface area contributed by atoms with Crippen LogP contribution in [0.2, 0.25) is 0 Å². The lowest BCUT2D eigenvalue weighted by atomic mass is 10.4. The molecule has 4 heteroatoms. The third-order valence-corrected chi connectivity index (χ3v) is 4.58. The molecule has 0 saturated heterocycles. The Labute approximate surface area is 90.1 Å². The van der Waals surface area contributed by atoms with Crippen LogP contribution in [0, 0.1) is 11.3 Å². The van der Waals surface area contributed by atoms with Gasteiger partial charge in [-0.15, -0.1) is 0 Å². The fraction of sp³-hybridized carbons (Fsp3) is 0.364. The first-order chi connectivity index (χ1) is 7.23. The van der Waals surface area contributed by atoms with Crippen LogP contribution < -0.4 is 5.30 Å². The van der Waals surface area contributed by atoms with Gasteiger partial charge in [-0.3, -0.25) is 4.57 Å².